The quantitative estimate of drug-likeness (QED) is 0.678. The molecule has 1 aliphatic carbocycles. The number of aryl methyl sites for hydroxylation is 1. The van der Waals surface area contributed by atoms with Crippen molar-refractivity contribution in [1.29, 1.82) is 0 Å². The molecule has 0 bridgehead atoms. The maximum absolute atomic E-state index is 9.25. The Kier molecular flexibility index (Phi) is 3.36. The molecule has 0 aromatic heterocycles. The number of rotatable bonds is 4. The Bertz CT molecular complexity index is 327. The van der Waals surface area contributed by atoms with E-state index in [2.05, 4.69) is 23.5 Å². The van der Waals surface area contributed by atoms with Crippen LogP contribution in [0.1, 0.15) is 23.6 Å². The topological polar surface area (TPSA) is 52.5 Å². The average molecular weight is 207 g/mol. The van der Waals surface area contributed by atoms with Crippen molar-refractivity contribution in [2.24, 2.45) is 0 Å². The zero-order valence-electron chi connectivity index (χ0n) is 8.69. The van der Waals surface area contributed by atoms with E-state index in [1.165, 1.54) is 11.1 Å². The third kappa shape index (κ3) is 2.37. The van der Waals surface area contributed by atoms with Crippen LogP contribution in [0.3, 0.4) is 0 Å². The van der Waals surface area contributed by atoms with E-state index >= 15 is 0 Å². The van der Waals surface area contributed by atoms with Crippen LogP contribution in [-0.2, 0) is 6.42 Å². The van der Waals surface area contributed by atoms with E-state index in [1.54, 1.807) is 0 Å². The largest absolute Gasteiger partial charge is 0.394 e. The monoisotopic (exact) mass is 207 g/mol. The van der Waals surface area contributed by atoms with Gasteiger partial charge in [0, 0.05) is 12.6 Å². The van der Waals surface area contributed by atoms with Gasteiger partial charge in [-0.05, 0) is 24.0 Å². The molecular weight excluding hydrogens is 190 g/mol. The van der Waals surface area contributed by atoms with Crippen LogP contribution in [-0.4, -0.2) is 29.5 Å². The highest BCUT2D eigenvalue weighted by atomic mass is 16.3. The van der Waals surface area contributed by atoms with Crippen LogP contribution in [0.4, 0.5) is 0 Å². The Morgan fingerprint density at radius 3 is 3.00 bits per heavy atom. The van der Waals surface area contributed by atoms with E-state index in [0.29, 0.717) is 12.6 Å². The van der Waals surface area contributed by atoms with Crippen molar-refractivity contribution < 1.29 is 10.2 Å². The first-order valence-corrected chi connectivity index (χ1v) is 5.41. The summed E-state index contributed by atoms with van der Waals surface area (Å²) in [5.74, 6) is 0. The minimum atomic E-state index is -0.655. The summed E-state index contributed by atoms with van der Waals surface area (Å²) < 4.78 is 0. The molecule has 0 saturated carbocycles. The normalized spacial score (nSPS) is 21.3. The molecule has 0 fully saturated rings. The Labute approximate surface area is 89.8 Å². The van der Waals surface area contributed by atoms with Gasteiger partial charge in [0.05, 0.1) is 12.7 Å². The molecule has 1 aromatic carbocycles. The molecule has 0 aliphatic heterocycles. The van der Waals surface area contributed by atoms with Crippen LogP contribution in [0.15, 0.2) is 24.3 Å². The molecule has 3 nitrogen and oxygen atoms in total. The van der Waals surface area contributed by atoms with E-state index in [4.69, 9.17) is 5.11 Å². The smallest absolute Gasteiger partial charge is 0.0895 e. The van der Waals surface area contributed by atoms with Gasteiger partial charge in [0.15, 0.2) is 0 Å². The van der Waals surface area contributed by atoms with E-state index in [0.717, 1.165) is 12.8 Å². The van der Waals surface area contributed by atoms with Gasteiger partial charge in [0.25, 0.3) is 0 Å². The van der Waals surface area contributed by atoms with E-state index in [9.17, 15) is 5.11 Å². The maximum atomic E-state index is 9.25. The van der Waals surface area contributed by atoms with Crippen LogP contribution >= 0.6 is 0 Å². The van der Waals surface area contributed by atoms with Gasteiger partial charge in [-0.15, -0.1) is 0 Å². The first-order chi connectivity index (χ1) is 7.31. The lowest BCUT2D eigenvalue weighted by atomic mass is 10.1. The predicted molar refractivity (Wildman–Crippen MR) is 58.6 cm³/mol. The molecule has 2 atom stereocenters. The number of aliphatic hydroxyl groups is 2. The van der Waals surface area contributed by atoms with Crippen molar-refractivity contribution in [1.82, 2.24) is 5.32 Å². The van der Waals surface area contributed by atoms with Gasteiger partial charge in [-0.1, -0.05) is 24.3 Å². The first kappa shape index (κ1) is 10.6. The fraction of sp³-hybridized carbons (Fsp3) is 0.500. The molecule has 1 unspecified atom stereocenters. The third-order valence-electron chi connectivity index (χ3n) is 2.94. The lowest BCUT2D eigenvalue weighted by molar-refractivity contribution is 0.0919. The van der Waals surface area contributed by atoms with Crippen molar-refractivity contribution in [3.63, 3.8) is 0 Å². The summed E-state index contributed by atoms with van der Waals surface area (Å²) in [5, 5.41) is 21.2. The summed E-state index contributed by atoms with van der Waals surface area (Å²) in [4.78, 5) is 0. The summed E-state index contributed by atoms with van der Waals surface area (Å²) in [5.41, 5.74) is 2.73. The van der Waals surface area contributed by atoms with Crippen molar-refractivity contribution in [2.75, 3.05) is 13.2 Å². The van der Waals surface area contributed by atoms with Crippen LogP contribution in [0, 0.1) is 0 Å². The van der Waals surface area contributed by atoms with Gasteiger partial charge in [0.1, 0.15) is 0 Å². The summed E-state index contributed by atoms with van der Waals surface area (Å²) >= 11 is 0. The summed E-state index contributed by atoms with van der Waals surface area (Å²) in [6.45, 7) is 0.275. The van der Waals surface area contributed by atoms with Crippen molar-refractivity contribution in [2.45, 2.75) is 25.0 Å². The number of benzene rings is 1. The summed E-state index contributed by atoms with van der Waals surface area (Å²) in [6.07, 6.45) is 1.53. The number of hydrogen-bond acceptors (Lipinski definition) is 3. The molecule has 1 aliphatic rings. The van der Waals surface area contributed by atoms with Gasteiger partial charge in [-0.2, -0.15) is 0 Å². The minimum Gasteiger partial charge on any atom is -0.394 e. The zero-order chi connectivity index (χ0) is 10.7. The molecule has 2 rings (SSSR count). The van der Waals surface area contributed by atoms with Gasteiger partial charge in [-0.25, -0.2) is 0 Å². The van der Waals surface area contributed by atoms with Crippen molar-refractivity contribution in [3.8, 4) is 0 Å². The highest BCUT2D eigenvalue weighted by Crippen LogP contribution is 2.30. The van der Waals surface area contributed by atoms with E-state index in [1.807, 2.05) is 6.07 Å². The van der Waals surface area contributed by atoms with Gasteiger partial charge >= 0.3 is 0 Å². The molecule has 0 spiro atoms. The second kappa shape index (κ2) is 4.75. The first-order valence-electron chi connectivity index (χ1n) is 5.41. The van der Waals surface area contributed by atoms with E-state index in [-0.39, 0.29) is 6.61 Å². The lowest BCUT2D eigenvalue weighted by Gasteiger charge is -2.16. The Morgan fingerprint density at radius 2 is 2.20 bits per heavy atom. The molecule has 0 amide bonds. The molecule has 1 aromatic rings. The van der Waals surface area contributed by atoms with Gasteiger partial charge in [0.2, 0.25) is 0 Å². The molecule has 0 saturated heterocycles. The SMILES string of the molecule is OC[C@@H](O)CNC1CCc2ccccc21. The molecule has 0 heterocycles. The van der Waals surface area contributed by atoms with Crippen molar-refractivity contribution >= 4 is 0 Å². The predicted octanol–water partition coefficient (Wildman–Crippen LogP) is 0.617. The summed E-state index contributed by atoms with van der Waals surface area (Å²) in [6, 6.07) is 8.72. The fourth-order valence-corrected chi connectivity index (χ4v) is 2.11. The minimum absolute atomic E-state index is 0.179. The zero-order valence-corrected chi connectivity index (χ0v) is 8.69. The highest BCUT2D eigenvalue weighted by Gasteiger charge is 2.21. The fourth-order valence-electron chi connectivity index (χ4n) is 2.11. The Balaban J connectivity index is 1.96. The second-order valence-corrected chi connectivity index (χ2v) is 4.03. The van der Waals surface area contributed by atoms with Crippen LogP contribution in [0.25, 0.3) is 0 Å². The van der Waals surface area contributed by atoms with Gasteiger partial charge < -0.3 is 15.5 Å². The Hall–Kier alpha value is -0.900. The molecular formula is C12H17NO2. The van der Waals surface area contributed by atoms with E-state index < -0.39 is 6.10 Å². The number of nitrogens with one attached hydrogen (secondary N) is 1. The standard InChI is InChI=1S/C12H17NO2/c14-8-10(15)7-13-12-6-5-9-3-1-2-4-11(9)12/h1-4,10,12-15H,5-8H2/t10-,12?/m0/s1. The number of aliphatic hydroxyl groups excluding tert-OH is 2. The number of hydrogen-bond donors (Lipinski definition) is 3. The molecule has 15 heavy (non-hydrogen) atoms. The summed E-state index contributed by atoms with van der Waals surface area (Å²) in [7, 11) is 0. The lowest BCUT2D eigenvalue weighted by Crippen LogP contribution is -2.31. The molecule has 0 radical (unpaired) electrons. The number of fused-ring (bicyclic) bond motifs is 1. The van der Waals surface area contributed by atoms with Crippen LogP contribution in [0.5, 0.6) is 0 Å². The second-order valence-electron chi connectivity index (χ2n) is 4.03. The van der Waals surface area contributed by atoms with Crippen LogP contribution in [0.2, 0.25) is 0 Å². The highest BCUT2D eigenvalue weighted by molar-refractivity contribution is 5.34. The van der Waals surface area contributed by atoms with Crippen molar-refractivity contribution in [3.05, 3.63) is 35.4 Å². The molecule has 3 N–H and O–H groups in total. The molecule has 82 valence electrons. The van der Waals surface area contributed by atoms with Gasteiger partial charge in [-0.3, -0.25) is 0 Å². The maximum Gasteiger partial charge on any atom is 0.0895 e. The Morgan fingerprint density at radius 1 is 1.40 bits per heavy atom. The third-order valence-corrected chi connectivity index (χ3v) is 2.94. The average Bonchev–Trinajstić information content (AvgIpc) is 2.69. The molecule has 3 heteroatoms. The van der Waals surface area contributed by atoms with Crippen LogP contribution < -0.4 is 5.32 Å².